The van der Waals surface area contributed by atoms with E-state index in [9.17, 15) is 28.8 Å². The largest absolute Gasteiger partial charge is 0.497 e. The topological polar surface area (TPSA) is 238 Å². The molecule has 77 heavy (non-hydrogen) atoms. The predicted molar refractivity (Wildman–Crippen MR) is 276 cm³/mol. The fraction of sp³-hybridized carbons (Fsp3) is 0.782. The average molecular weight is 1100 g/mol. The smallest absolute Gasteiger partial charge is 0.309 e. The molecule has 1 aromatic carbocycles. The first-order valence-corrected chi connectivity index (χ1v) is 26.7. The number of hydrogen-bond acceptors (Lipinski definition) is 22. The van der Waals surface area contributed by atoms with Crippen molar-refractivity contribution >= 4 is 35.8 Å². The van der Waals surface area contributed by atoms with E-state index in [4.69, 9.17) is 66.3 Å². The molecule has 22 nitrogen and oxygen atoms in total. The maximum atomic E-state index is 14.1. The van der Waals surface area contributed by atoms with Gasteiger partial charge in [-0.2, -0.15) is 0 Å². The quantitative estimate of drug-likeness (QED) is 0.0915. The van der Waals surface area contributed by atoms with Crippen LogP contribution in [0.2, 0.25) is 0 Å². The monoisotopic (exact) mass is 1100 g/mol. The lowest BCUT2D eigenvalue weighted by Crippen LogP contribution is -2.67. The van der Waals surface area contributed by atoms with Crippen LogP contribution in [0, 0.1) is 11.8 Å². The van der Waals surface area contributed by atoms with Gasteiger partial charge in [-0.15, -0.1) is 0 Å². The molecule has 4 rings (SSSR count). The molecule has 3 aliphatic rings. The normalized spacial score (nSPS) is 33.0. The molecule has 3 heterocycles. The predicted octanol–water partition coefficient (Wildman–Crippen LogP) is 5.30. The van der Waals surface area contributed by atoms with E-state index in [1.807, 2.05) is 31.2 Å². The Morgan fingerprint density at radius 3 is 1.96 bits per heavy atom. The molecule has 0 amide bonds. The van der Waals surface area contributed by atoms with E-state index >= 15 is 0 Å². The fourth-order valence-corrected chi connectivity index (χ4v) is 10.6. The van der Waals surface area contributed by atoms with E-state index < -0.39 is 146 Å². The summed E-state index contributed by atoms with van der Waals surface area (Å²) >= 11 is 0. The molecule has 0 N–H and O–H groups in total. The second kappa shape index (κ2) is 30.7. The van der Waals surface area contributed by atoms with Crippen LogP contribution in [0.5, 0.6) is 5.75 Å². The summed E-state index contributed by atoms with van der Waals surface area (Å²) in [6.07, 6.45) is -12.8. The third kappa shape index (κ3) is 19.1. The zero-order chi connectivity index (χ0) is 57.3. The summed E-state index contributed by atoms with van der Waals surface area (Å²) in [6.45, 7) is 17.2. The SMILES string of the molecule is CCC(=O)OC1C(C)OC(OC2C(C)OC(O[C@@H]3C(OC)[C@H](OC(=O)CC)CC(=O)O[C@H](C)CCN(Cc4ccc(OC)cc4)C[C@H](OC(C)=O)[C@H](C)C[C@@H]3CC(OC)OC)C(OC(C)=O)C2N(C)C)CC1(C)OC(C)=O. The lowest BCUT2D eigenvalue weighted by molar-refractivity contribution is -0.346. The van der Waals surface area contributed by atoms with E-state index in [0.29, 0.717) is 25.3 Å². The number of ether oxygens (including phenoxy) is 14. The van der Waals surface area contributed by atoms with Crippen LogP contribution in [0.3, 0.4) is 0 Å². The van der Waals surface area contributed by atoms with Crippen LogP contribution in [0.1, 0.15) is 120 Å². The molecule has 3 aliphatic heterocycles. The van der Waals surface area contributed by atoms with E-state index in [0.717, 1.165) is 5.56 Å². The summed E-state index contributed by atoms with van der Waals surface area (Å²) in [5.74, 6) is -3.98. The van der Waals surface area contributed by atoms with Crippen molar-refractivity contribution in [1.82, 2.24) is 9.80 Å². The van der Waals surface area contributed by atoms with Crippen LogP contribution in [0.15, 0.2) is 24.3 Å². The zero-order valence-electron chi connectivity index (χ0n) is 48.2. The van der Waals surface area contributed by atoms with Gasteiger partial charge in [0.15, 0.2) is 36.7 Å². The summed E-state index contributed by atoms with van der Waals surface area (Å²) in [6, 6.07) is 6.83. The summed E-state index contributed by atoms with van der Waals surface area (Å²) in [5.41, 5.74) is -0.398. The third-order valence-electron chi connectivity index (χ3n) is 14.3. The molecule has 0 aliphatic carbocycles. The first-order chi connectivity index (χ1) is 36.4. The highest BCUT2D eigenvalue weighted by molar-refractivity contribution is 5.73. The fourth-order valence-electron chi connectivity index (χ4n) is 10.6. The number of carbonyl (C=O) groups is 6. The molecule has 438 valence electrons. The van der Waals surface area contributed by atoms with Gasteiger partial charge in [0.2, 0.25) is 0 Å². The van der Waals surface area contributed by atoms with Gasteiger partial charge < -0.3 is 71.2 Å². The standard InChI is InChI=1S/C55H88N2O20/c1-17-43(61)73-41-27-45(63)68-32(4)23-24-57(29-38-19-21-40(64-13)22-20-38)30-42(71-35(7)58)31(3)25-39(26-46(65-14)66-15)50(51(41)67-16)76-54-52(72-36(8)59)48(56(11)12)49(33(5)70-54)75-47-28-55(10,77-37(9)60)53(34(6)69-47)74-44(62)18-2/h19-22,31-34,39,41-42,46-54H,17-18,23-30H2,1-16H3/t31-,32-,33?,34?,39-,41-,42+,47?,48?,49?,50+,51?,52?,53?,54?,55?/m1/s1. The van der Waals surface area contributed by atoms with Crippen molar-refractivity contribution in [3.05, 3.63) is 29.8 Å². The number of benzene rings is 1. The highest BCUT2D eigenvalue weighted by atomic mass is 16.7. The molecule has 3 fully saturated rings. The van der Waals surface area contributed by atoms with Crippen molar-refractivity contribution in [2.24, 2.45) is 11.8 Å². The van der Waals surface area contributed by atoms with Crippen molar-refractivity contribution < 1.29 is 95.1 Å². The Balaban J connectivity index is 1.89. The summed E-state index contributed by atoms with van der Waals surface area (Å²) in [7, 11) is 9.52. The Hall–Kier alpha value is -4.52. The molecular weight excluding hydrogens is 1010 g/mol. The molecule has 0 spiro atoms. The second-order valence-corrected chi connectivity index (χ2v) is 20.8. The Labute approximate surface area is 454 Å². The van der Waals surface area contributed by atoms with Gasteiger partial charge in [0.25, 0.3) is 0 Å². The van der Waals surface area contributed by atoms with E-state index in [1.54, 1.807) is 67.6 Å². The van der Waals surface area contributed by atoms with Gasteiger partial charge in [0.05, 0.1) is 37.9 Å². The maximum Gasteiger partial charge on any atom is 0.309 e. The lowest BCUT2D eigenvalue weighted by atomic mass is 9.81. The number of rotatable bonds is 20. The number of cyclic esters (lactones) is 1. The van der Waals surface area contributed by atoms with Gasteiger partial charge in [-0.3, -0.25) is 33.7 Å². The Bertz CT molecular complexity index is 2040. The summed E-state index contributed by atoms with van der Waals surface area (Å²) in [5, 5.41) is 0. The zero-order valence-corrected chi connectivity index (χ0v) is 48.2. The van der Waals surface area contributed by atoms with Crippen molar-refractivity contribution in [3.63, 3.8) is 0 Å². The molecule has 0 bridgehead atoms. The van der Waals surface area contributed by atoms with Crippen LogP contribution >= 0.6 is 0 Å². The number of carbonyl (C=O) groups excluding carboxylic acids is 6. The minimum atomic E-state index is -1.40. The third-order valence-corrected chi connectivity index (χ3v) is 14.3. The van der Waals surface area contributed by atoms with Crippen molar-refractivity contribution in [2.75, 3.05) is 55.6 Å². The van der Waals surface area contributed by atoms with Gasteiger partial charge in [-0.25, -0.2) is 0 Å². The number of nitrogens with zero attached hydrogens (tertiary/aromatic N) is 2. The van der Waals surface area contributed by atoms with Crippen molar-refractivity contribution in [1.29, 1.82) is 0 Å². The molecule has 10 unspecified atom stereocenters. The second-order valence-electron chi connectivity index (χ2n) is 20.8. The Kier molecular flexibility index (Phi) is 25.9. The number of esters is 6. The van der Waals surface area contributed by atoms with Gasteiger partial charge in [0.1, 0.15) is 36.3 Å². The molecule has 0 saturated carbocycles. The highest BCUT2D eigenvalue weighted by Gasteiger charge is 2.56. The van der Waals surface area contributed by atoms with E-state index in [1.165, 1.54) is 42.1 Å². The molecule has 0 aromatic heterocycles. The average Bonchev–Trinajstić information content (AvgIpc) is 3.35. The molecule has 1 aromatic rings. The summed E-state index contributed by atoms with van der Waals surface area (Å²) in [4.78, 5) is 82.9. The molecule has 0 radical (unpaired) electrons. The first-order valence-electron chi connectivity index (χ1n) is 26.7. The Morgan fingerprint density at radius 1 is 0.766 bits per heavy atom. The van der Waals surface area contributed by atoms with Crippen molar-refractivity contribution in [3.8, 4) is 5.75 Å². The molecule has 16 atom stereocenters. The van der Waals surface area contributed by atoms with Gasteiger partial charge in [-0.1, -0.05) is 32.9 Å². The van der Waals surface area contributed by atoms with Crippen LogP contribution in [-0.4, -0.2) is 193 Å². The molecule has 3 saturated heterocycles. The van der Waals surface area contributed by atoms with Crippen LogP contribution in [0.25, 0.3) is 0 Å². The molecular formula is C55H88N2O20. The van der Waals surface area contributed by atoms with E-state index in [-0.39, 0.29) is 38.6 Å². The minimum Gasteiger partial charge on any atom is -0.497 e. The number of methoxy groups -OCH3 is 4. The number of likely N-dealkylation sites (N-methyl/N-ethyl adjacent to an activating group) is 1. The summed E-state index contributed by atoms with van der Waals surface area (Å²) < 4.78 is 86.6. The van der Waals surface area contributed by atoms with Crippen LogP contribution in [-0.2, 0) is 96.9 Å². The maximum absolute atomic E-state index is 14.1. The van der Waals surface area contributed by atoms with Gasteiger partial charge >= 0.3 is 35.8 Å². The van der Waals surface area contributed by atoms with Crippen molar-refractivity contribution in [2.45, 2.75) is 212 Å². The van der Waals surface area contributed by atoms with Crippen LogP contribution in [0.4, 0.5) is 0 Å². The van der Waals surface area contributed by atoms with E-state index in [2.05, 4.69) is 4.90 Å². The van der Waals surface area contributed by atoms with Gasteiger partial charge in [0, 0.05) is 87.4 Å². The first kappa shape index (κ1) is 65.0. The molecule has 22 heteroatoms. The minimum absolute atomic E-state index is 0.0361. The highest BCUT2D eigenvalue weighted by Crippen LogP contribution is 2.40. The van der Waals surface area contributed by atoms with Gasteiger partial charge in [-0.05, 0) is 84.2 Å². The number of hydrogen-bond donors (Lipinski definition) is 0. The lowest BCUT2D eigenvalue weighted by Gasteiger charge is -2.51. The Morgan fingerprint density at radius 2 is 1.40 bits per heavy atom. The van der Waals surface area contributed by atoms with Crippen LogP contribution < -0.4 is 4.74 Å².